The maximum Gasteiger partial charge on any atom is 0.409 e. The van der Waals surface area contributed by atoms with Crippen molar-refractivity contribution in [1.29, 1.82) is 0 Å². The standard InChI is InChI=1S/C18H33NO5/c1-6-9-14(7-2)12-17(3)22-18(24-23-17)11-8-10-15(13-18)21-16(20)19(4)5/h14-15H,6-13H2,1-5H3. The number of amides is 1. The molecule has 0 aromatic carbocycles. The Morgan fingerprint density at radius 3 is 2.71 bits per heavy atom. The van der Waals surface area contributed by atoms with Gasteiger partial charge in [0, 0.05) is 33.4 Å². The molecule has 24 heavy (non-hydrogen) atoms. The fraction of sp³-hybridized carbons (Fsp3) is 0.944. The fourth-order valence-electron chi connectivity index (χ4n) is 3.72. The Morgan fingerprint density at radius 2 is 2.08 bits per heavy atom. The van der Waals surface area contributed by atoms with Gasteiger partial charge in [0.15, 0.2) is 0 Å². The van der Waals surface area contributed by atoms with Crippen LogP contribution < -0.4 is 0 Å². The van der Waals surface area contributed by atoms with Crippen molar-refractivity contribution >= 4 is 6.09 Å². The van der Waals surface area contributed by atoms with Crippen LogP contribution in [0.4, 0.5) is 4.79 Å². The first-order valence-electron chi connectivity index (χ1n) is 9.26. The van der Waals surface area contributed by atoms with Gasteiger partial charge in [-0.25, -0.2) is 4.79 Å². The summed E-state index contributed by atoms with van der Waals surface area (Å²) in [5.74, 6) is -0.942. The lowest BCUT2D eigenvalue weighted by atomic mass is 9.90. The normalized spacial score (nSPS) is 34.3. The van der Waals surface area contributed by atoms with Crippen LogP contribution in [0.2, 0.25) is 0 Å². The molecule has 1 heterocycles. The zero-order valence-corrected chi connectivity index (χ0v) is 15.8. The molecule has 2 aliphatic rings. The van der Waals surface area contributed by atoms with E-state index < -0.39 is 11.6 Å². The number of hydrogen-bond donors (Lipinski definition) is 0. The minimum Gasteiger partial charge on any atom is -0.446 e. The number of hydrogen-bond acceptors (Lipinski definition) is 5. The van der Waals surface area contributed by atoms with E-state index in [-0.39, 0.29) is 12.2 Å². The Morgan fingerprint density at radius 1 is 1.33 bits per heavy atom. The van der Waals surface area contributed by atoms with Gasteiger partial charge in [-0.15, -0.1) is 0 Å². The maximum absolute atomic E-state index is 11.8. The van der Waals surface area contributed by atoms with Crippen LogP contribution in [-0.2, 0) is 19.2 Å². The van der Waals surface area contributed by atoms with Gasteiger partial charge < -0.3 is 14.4 Å². The molecule has 4 atom stereocenters. The smallest absolute Gasteiger partial charge is 0.409 e. The molecule has 0 N–H and O–H groups in total. The van der Waals surface area contributed by atoms with Crippen molar-refractivity contribution in [1.82, 2.24) is 4.90 Å². The highest BCUT2D eigenvalue weighted by Crippen LogP contribution is 2.46. The molecule has 6 heteroatoms. The minimum absolute atomic E-state index is 0.197. The minimum atomic E-state index is -0.783. The van der Waals surface area contributed by atoms with Crippen LogP contribution in [0.15, 0.2) is 0 Å². The lowest BCUT2D eigenvalue weighted by Gasteiger charge is -2.35. The number of nitrogens with zero attached hydrogens (tertiary/aromatic N) is 1. The van der Waals surface area contributed by atoms with E-state index in [1.807, 2.05) is 6.92 Å². The topological polar surface area (TPSA) is 57.2 Å². The van der Waals surface area contributed by atoms with Crippen LogP contribution >= 0.6 is 0 Å². The van der Waals surface area contributed by atoms with E-state index in [2.05, 4.69) is 13.8 Å². The lowest BCUT2D eigenvalue weighted by Crippen LogP contribution is -2.43. The molecule has 6 nitrogen and oxygen atoms in total. The Balaban J connectivity index is 1.95. The van der Waals surface area contributed by atoms with Crippen molar-refractivity contribution in [2.75, 3.05) is 14.1 Å². The van der Waals surface area contributed by atoms with Gasteiger partial charge in [-0.1, -0.05) is 33.1 Å². The van der Waals surface area contributed by atoms with Crippen molar-refractivity contribution < 1.29 is 24.0 Å². The third kappa shape index (κ3) is 4.83. The monoisotopic (exact) mass is 343 g/mol. The second kappa shape index (κ2) is 8.02. The molecule has 0 aromatic heterocycles. The number of carbonyl (C=O) groups excluding carboxylic acids is 1. The molecule has 4 unspecified atom stereocenters. The first kappa shape index (κ1) is 19.5. The summed E-state index contributed by atoms with van der Waals surface area (Å²) in [4.78, 5) is 24.5. The molecule has 2 fully saturated rings. The van der Waals surface area contributed by atoms with E-state index in [0.717, 1.165) is 44.9 Å². The van der Waals surface area contributed by atoms with E-state index in [1.165, 1.54) is 4.90 Å². The molecule has 1 saturated carbocycles. The van der Waals surface area contributed by atoms with Gasteiger partial charge in [-0.3, -0.25) is 0 Å². The number of rotatable bonds is 6. The van der Waals surface area contributed by atoms with Crippen molar-refractivity contribution in [3.05, 3.63) is 0 Å². The number of ether oxygens (including phenoxy) is 2. The summed E-state index contributed by atoms with van der Waals surface area (Å²) >= 11 is 0. The molecule has 140 valence electrons. The van der Waals surface area contributed by atoms with Gasteiger partial charge in [0.1, 0.15) is 6.10 Å². The Kier molecular flexibility index (Phi) is 6.51. The van der Waals surface area contributed by atoms with Crippen LogP contribution in [0.1, 0.15) is 72.1 Å². The molecule has 0 radical (unpaired) electrons. The predicted molar refractivity (Wildman–Crippen MR) is 90.1 cm³/mol. The summed E-state index contributed by atoms with van der Waals surface area (Å²) < 4.78 is 11.8. The second-order valence-corrected chi connectivity index (χ2v) is 7.58. The Bertz CT molecular complexity index is 430. The molecular formula is C18H33NO5. The quantitative estimate of drug-likeness (QED) is 0.675. The summed E-state index contributed by atoms with van der Waals surface area (Å²) in [6.07, 6.45) is 6.72. The van der Waals surface area contributed by atoms with Gasteiger partial charge in [-0.2, -0.15) is 9.78 Å². The second-order valence-electron chi connectivity index (χ2n) is 7.58. The van der Waals surface area contributed by atoms with E-state index >= 15 is 0 Å². The molecule has 1 aliphatic heterocycles. The maximum atomic E-state index is 11.8. The molecule has 1 amide bonds. The predicted octanol–water partition coefficient (Wildman–Crippen LogP) is 4.23. The molecule has 1 spiro atoms. The zero-order valence-electron chi connectivity index (χ0n) is 15.8. The van der Waals surface area contributed by atoms with Crippen molar-refractivity contribution in [2.24, 2.45) is 5.92 Å². The molecule has 1 aliphatic carbocycles. The molecule has 1 saturated heterocycles. The third-order valence-corrected chi connectivity index (χ3v) is 4.96. The Labute approximate surface area is 145 Å². The summed E-state index contributed by atoms with van der Waals surface area (Å²) in [6.45, 7) is 6.35. The SMILES string of the molecule is CCCC(CC)CC1(C)OOC2(CCCC(OC(=O)N(C)C)C2)O1. The largest absolute Gasteiger partial charge is 0.446 e. The van der Waals surface area contributed by atoms with E-state index in [9.17, 15) is 4.79 Å². The van der Waals surface area contributed by atoms with Crippen LogP contribution in [0.5, 0.6) is 0 Å². The van der Waals surface area contributed by atoms with Crippen LogP contribution in [-0.4, -0.2) is 42.8 Å². The Hall–Kier alpha value is -0.850. The summed E-state index contributed by atoms with van der Waals surface area (Å²) in [7, 11) is 3.37. The average molecular weight is 343 g/mol. The van der Waals surface area contributed by atoms with E-state index in [4.69, 9.17) is 19.2 Å². The lowest BCUT2D eigenvalue weighted by molar-refractivity contribution is -0.356. The van der Waals surface area contributed by atoms with Crippen LogP contribution in [0.25, 0.3) is 0 Å². The first-order chi connectivity index (χ1) is 11.3. The highest BCUT2D eigenvalue weighted by atomic mass is 17.3. The van der Waals surface area contributed by atoms with Crippen LogP contribution in [0, 0.1) is 5.92 Å². The van der Waals surface area contributed by atoms with Crippen molar-refractivity contribution in [3.8, 4) is 0 Å². The summed E-state index contributed by atoms with van der Waals surface area (Å²) in [6, 6.07) is 0. The van der Waals surface area contributed by atoms with E-state index in [0.29, 0.717) is 12.3 Å². The molecular weight excluding hydrogens is 310 g/mol. The van der Waals surface area contributed by atoms with Gasteiger partial charge in [0.2, 0.25) is 11.6 Å². The zero-order chi connectivity index (χ0) is 17.8. The van der Waals surface area contributed by atoms with Crippen LogP contribution in [0.3, 0.4) is 0 Å². The average Bonchev–Trinajstić information content (AvgIpc) is 2.83. The molecule has 0 aromatic rings. The fourth-order valence-corrected chi connectivity index (χ4v) is 3.72. The third-order valence-electron chi connectivity index (χ3n) is 4.96. The highest BCUT2D eigenvalue weighted by molar-refractivity contribution is 5.66. The van der Waals surface area contributed by atoms with Crippen molar-refractivity contribution in [3.63, 3.8) is 0 Å². The first-order valence-corrected chi connectivity index (χ1v) is 9.26. The molecule has 2 rings (SSSR count). The number of carbonyl (C=O) groups is 1. The highest BCUT2D eigenvalue weighted by Gasteiger charge is 2.53. The van der Waals surface area contributed by atoms with Gasteiger partial charge in [0.05, 0.1) is 0 Å². The summed E-state index contributed by atoms with van der Waals surface area (Å²) in [5, 5.41) is 0. The molecule has 0 bridgehead atoms. The summed E-state index contributed by atoms with van der Waals surface area (Å²) in [5.41, 5.74) is 0. The van der Waals surface area contributed by atoms with Gasteiger partial charge in [0.25, 0.3) is 0 Å². The van der Waals surface area contributed by atoms with Gasteiger partial charge in [-0.05, 0) is 25.7 Å². The van der Waals surface area contributed by atoms with Crippen molar-refractivity contribution in [2.45, 2.75) is 89.8 Å². The van der Waals surface area contributed by atoms with E-state index in [1.54, 1.807) is 14.1 Å². The van der Waals surface area contributed by atoms with Gasteiger partial charge >= 0.3 is 6.09 Å².